The topological polar surface area (TPSA) is 32.9 Å². The maximum Gasteiger partial charge on any atom is 0.256 e. The Kier molecular flexibility index (Phi) is 4.27. The average molecular weight is 384 g/mol. The van der Waals surface area contributed by atoms with Crippen molar-refractivity contribution in [1.29, 1.82) is 0 Å². The maximum absolute atomic E-state index is 13.3. The molecule has 0 aliphatic heterocycles. The fourth-order valence-electron chi connectivity index (χ4n) is 3.14. The minimum atomic E-state index is -0.300. The maximum atomic E-state index is 13.3. The molecule has 0 atom stereocenters. The Labute approximate surface area is 158 Å². The minimum absolute atomic E-state index is 0.274. The Morgan fingerprint density at radius 2 is 1.42 bits per heavy atom. The van der Waals surface area contributed by atoms with Crippen LogP contribution in [0.2, 0.25) is 10.0 Å². The van der Waals surface area contributed by atoms with Gasteiger partial charge in [-0.2, -0.15) is 0 Å². The zero-order valence-corrected chi connectivity index (χ0v) is 14.9. The predicted octanol–water partition coefficient (Wildman–Crippen LogP) is 6.31. The van der Waals surface area contributed by atoms with Crippen molar-refractivity contribution in [3.8, 4) is 22.3 Å². The number of rotatable bonds is 2. The molecule has 1 aromatic heterocycles. The molecule has 1 N–H and O–H groups in total. The molecule has 0 unspecified atom stereocenters. The van der Waals surface area contributed by atoms with E-state index in [9.17, 15) is 9.18 Å². The lowest BCUT2D eigenvalue weighted by molar-refractivity contribution is 0.628. The lowest BCUT2D eigenvalue weighted by Crippen LogP contribution is -2.09. The molecule has 26 heavy (non-hydrogen) atoms. The van der Waals surface area contributed by atoms with Crippen LogP contribution in [0.1, 0.15) is 0 Å². The van der Waals surface area contributed by atoms with Gasteiger partial charge in [-0.3, -0.25) is 4.79 Å². The highest BCUT2D eigenvalue weighted by Crippen LogP contribution is 2.38. The van der Waals surface area contributed by atoms with Crippen molar-refractivity contribution in [3.05, 3.63) is 93.1 Å². The molecule has 0 saturated heterocycles. The van der Waals surface area contributed by atoms with Gasteiger partial charge >= 0.3 is 0 Å². The fraction of sp³-hybridized carbons (Fsp3) is 0. The van der Waals surface area contributed by atoms with E-state index in [0.29, 0.717) is 21.2 Å². The first kappa shape index (κ1) is 16.8. The number of aromatic amines is 1. The molecule has 0 saturated carbocycles. The van der Waals surface area contributed by atoms with Crippen molar-refractivity contribution in [2.75, 3.05) is 0 Å². The quantitative estimate of drug-likeness (QED) is 0.432. The summed E-state index contributed by atoms with van der Waals surface area (Å²) < 4.78 is 13.3. The predicted molar refractivity (Wildman–Crippen MR) is 105 cm³/mol. The minimum Gasteiger partial charge on any atom is -0.328 e. The zero-order valence-electron chi connectivity index (χ0n) is 13.4. The summed E-state index contributed by atoms with van der Waals surface area (Å²) in [5.74, 6) is -0.300. The van der Waals surface area contributed by atoms with Crippen LogP contribution in [0.25, 0.3) is 33.0 Å². The average Bonchev–Trinajstić information content (AvgIpc) is 2.63. The first-order valence-corrected chi connectivity index (χ1v) is 8.66. The number of pyridine rings is 1. The van der Waals surface area contributed by atoms with Crippen molar-refractivity contribution in [2.24, 2.45) is 0 Å². The molecule has 0 spiro atoms. The van der Waals surface area contributed by atoms with E-state index < -0.39 is 0 Å². The van der Waals surface area contributed by atoms with Crippen LogP contribution in [-0.4, -0.2) is 4.98 Å². The molecule has 128 valence electrons. The van der Waals surface area contributed by atoms with Crippen LogP contribution in [0, 0.1) is 5.82 Å². The van der Waals surface area contributed by atoms with Gasteiger partial charge in [0.2, 0.25) is 0 Å². The Bertz CT molecular complexity index is 1160. The van der Waals surface area contributed by atoms with Crippen LogP contribution in [0.4, 0.5) is 4.39 Å². The number of hydrogen-bond acceptors (Lipinski definition) is 1. The van der Waals surface area contributed by atoms with Gasteiger partial charge in [0.1, 0.15) is 5.82 Å². The summed E-state index contributed by atoms with van der Waals surface area (Å²) in [6, 6.07) is 17.0. The van der Waals surface area contributed by atoms with Crippen LogP contribution < -0.4 is 5.56 Å². The molecule has 1 heterocycles. The van der Waals surface area contributed by atoms with E-state index in [4.69, 9.17) is 23.2 Å². The van der Waals surface area contributed by atoms with E-state index >= 15 is 0 Å². The van der Waals surface area contributed by atoms with E-state index in [1.54, 1.807) is 36.5 Å². The summed E-state index contributed by atoms with van der Waals surface area (Å²) in [4.78, 5) is 15.4. The summed E-state index contributed by atoms with van der Waals surface area (Å²) >= 11 is 12.7. The highest BCUT2D eigenvalue weighted by Gasteiger charge is 2.17. The van der Waals surface area contributed by atoms with Crippen molar-refractivity contribution >= 4 is 34.0 Å². The van der Waals surface area contributed by atoms with Crippen LogP contribution >= 0.6 is 23.2 Å². The largest absolute Gasteiger partial charge is 0.328 e. The lowest BCUT2D eigenvalue weighted by Gasteiger charge is -2.12. The van der Waals surface area contributed by atoms with E-state index in [0.717, 1.165) is 21.9 Å². The molecule has 3 aromatic carbocycles. The van der Waals surface area contributed by atoms with E-state index in [1.807, 2.05) is 18.2 Å². The van der Waals surface area contributed by atoms with Gasteiger partial charge in [-0.15, -0.1) is 0 Å². The third-order valence-corrected chi connectivity index (χ3v) is 4.95. The molecule has 0 amide bonds. The second kappa shape index (κ2) is 6.60. The number of H-pyrrole nitrogens is 1. The van der Waals surface area contributed by atoms with Gasteiger partial charge in [0.25, 0.3) is 5.56 Å². The van der Waals surface area contributed by atoms with Crippen LogP contribution in [0.15, 0.2) is 71.7 Å². The number of hydrogen-bond donors (Lipinski definition) is 1. The molecule has 0 bridgehead atoms. The van der Waals surface area contributed by atoms with Crippen LogP contribution in [0.5, 0.6) is 0 Å². The molecule has 0 aliphatic rings. The number of benzene rings is 3. The Hall–Kier alpha value is -2.62. The van der Waals surface area contributed by atoms with E-state index in [1.165, 1.54) is 12.1 Å². The van der Waals surface area contributed by atoms with Gasteiger partial charge in [0.15, 0.2) is 0 Å². The second-order valence-electron chi connectivity index (χ2n) is 5.86. The summed E-state index contributed by atoms with van der Waals surface area (Å²) in [5.41, 5.74) is 2.37. The van der Waals surface area contributed by atoms with Gasteiger partial charge < -0.3 is 4.98 Å². The highest BCUT2D eigenvalue weighted by molar-refractivity contribution is 6.39. The Morgan fingerprint density at radius 1 is 0.769 bits per heavy atom. The SMILES string of the molecule is O=c1[nH]cc2c(-c3ccc(F)cc3)cccc2c1-c1c(Cl)cccc1Cl. The van der Waals surface area contributed by atoms with Gasteiger partial charge in [-0.1, -0.05) is 59.6 Å². The monoisotopic (exact) mass is 383 g/mol. The first-order valence-electron chi connectivity index (χ1n) is 7.91. The zero-order chi connectivity index (χ0) is 18.3. The Morgan fingerprint density at radius 3 is 2.12 bits per heavy atom. The number of halogens is 3. The highest BCUT2D eigenvalue weighted by atomic mass is 35.5. The van der Waals surface area contributed by atoms with Gasteiger partial charge in [0.05, 0.1) is 15.6 Å². The van der Waals surface area contributed by atoms with Gasteiger partial charge in [0, 0.05) is 17.1 Å². The second-order valence-corrected chi connectivity index (χ2v) is 6.68. The molecule has 5 heteroatoms. The van der Waals surface area contributed by atoms with Crippen molar-refractivity contribution < 1.29 is 4.39 Å². The molecule has 0 fully saturated rings. The normalized spacial score (nSPS) is 11.0. The van der Waals surface area contributed by atoms with Crippen molar-refractivity contribution in [3.63, 3.8) is 0 Å². The van der Waals surface area contributed by atoms with Crippen LogP contribution in [-0.2, 0) is 0 Å². The van der Waals surface area contributed by atoms with E-state index in [-0.39, 0.29) is 11.4 Å². The summed E-state index contributed by atoms with van der Waals surface area (Å²) in [6.07, 6.45) is 1.66. The molecule has 2 nitrogen and oxygen atoms in total. The number of nitrogens with one attached hydrogen (secondary N) is 1. The van der Waals surface area contributed by atoms with Gasteiger partial charge in [-0.25, -0.2) is 4.39 Å². The number of aromatic nitrogens is 1. The lowest BCUT2D eigenvalue weighted by atomic mass is 9.95. The summed E-state index contributed by atoms with van der Waals surface area (Å²) in [5, 5.41) is 2.36. The molecule has 4 rings (SSSR count). The molecule has 0 aliphatic carbocycles. The van der Waals surface area contributed by atoms with Crippen LogP contribution in [0.3, 0.4) is 0 Å². The summed E-state index contributed by atoms with van der Waals surface area (Å²) in [7, 11) is 0. The van der Waals surface area contributed by atoms with Crippen molar-refractivity contribution in [2.45, 2.75) is 0 Å². The molecular weight excluding hydrogens is 372 g/mol. The van der Waals surface area contributed by atoms with Crippen molar-refractivity contribution in [1.82, 2.24) is 4.98 Å². The number of fused-ring (bicyclic) bond motifs is 1. The third kappa shape index (κ3) is 2.79. The Balaban J connectivity index is 2.08. The van der Waals surface area contributed by atoms with E-state index in [2.05, 4.69) is 4.98 Å². The molecule has 0 radical (unpaired) electrons. The standard InChI is InChI=1S/C21H12Cl2FNO/c22-17-5-2-6-18(23)20(17)19-15-4-1-3-14(16(15)11-25-21(19)26)12-7-9-13(24)10-8-12/h1-11H,(H,25,26). The third-order valence-electron chi connectivity index (χ3n) is 4.32. The van der Waals surface area contributed by atoms with Gasteiger partial charge in [-0.05, 0) is 40.8 Å². The molecule has 4 aromatic rings. The fourth-order valence-corrected chi connectivity index (χ4v) is 3.72. The smallest absolute Gasteiger partial charge is 0.256 e. The first-order chi connectivity index (χ1) is 12.6. The molecular formula is C21H12Cl2FNO. The summed E-state index contributed by atoms with van der Waals surface area (Å²) in [6.45, 7) is 0.